The Hall–Kier alpha value is -6.44. The normalized spacial score (nSPS) is 17.2. The molecule has 8 aromatic carbocycles. The Morgan fingerprint density at radius 3 is 1.97 bits per heavy atom. The maximum atomic E-state index is 2.66. The molecule has 0 bridgehead atoms. The van der Waals surface area contributed by atoms with Crippen LogP contribution in [0.2, 0.25) is 0 Å². The van der Waals surface area contributed by atoms with E-state index in [1.165, 1.54) is 126 Å². The van der Waals surface area contributed by atoms with Crippen LogP contribution < -0.4 is 4.90 Å². The number of fused-ring (bicyclic) bond motifs is 5. The molecule has 0 amide bonds. The number of nitrogens with zero attached hydrogens (tertiary/aromatic N) is 1. The van der Waals surface area contributed by atoms with Crippen molar-refractivity contribution in [3.63, 3.8) is 0 Å². The van der Waals surface area contributed by atoms with Gasteiger partial charge in [0.2, 0.25) is 0 Å². The summed E-state index contributed by atoms with van der Waals surface area (Å²) >= 11 is 0. The first-order chi connectivity index (χ1) is 29.6. The van der Waals surface area contributed by atoms with E-state index in [9.17, 15) is 0 Å². The molecular weight excluding hydrogens is 723 g/mol. The Morgan fingerprint density at radius 2 is 1.12 bits per heavy atom. The number of anilines is 2. The molecule has 0 N–H and O–H groups in total. The number of para-hydroxylation sites is 1. The summed E-state index contributed by atoms with van der Waals surface area (Å²) in [5.41, 5.74) is 16.9. The molecule has 1 unspecified atom stereocenters. The van der Waals surface area contributed by atoms with Gasteiger partial charge in [-0.05, 0) is 97.8 Å². The van der Waals surface area contributed by atoms with Crippen molar-refractivity contribution in [1.29, 1.82) is 0 Å². The molecule has 3 aliphatic rings. The summed E-state index contributed by atoms with van der Waals surface area (Å²) in [6, 6.07) is 66.3. The second kappa shape index (κ2) is 15.0. The maximum Gasteiger partial charge on any atom is 0.0543 e. The fraction of sp³-hybridized carbons (Fsp3) is 0.186. The third-order valence-corrected chi connectivity index (χ3v) is 14.0. The number of hydrogen-bond acceptors (Lipinski definition) is 1. The van der Waals surface area contributed by atoms with E-state index in [0.29, 0.717) is 5.92 Å². The summed E-state index contributed by atoms with van der Waals surface area (Å²) in [4.78, 5) is 2.66. The molecule has 0 radical (unpaired) electrons. The highest BCUT2D eigenvalue weighted by molar-refractivity contribution is 6.05. The Labute approximate surface area is 355 Å². The van der Waals surface area contributed by atoms with Gasteiger partial charge in [-0.15, -0.1) is 0 Å². The van der Waals surface area contributed by atoms with Crippen LogP contribution in [-0.2, 0) is 5.41 Å². The minimum absolute atomic E-state index is 0.137. The lowest BCUT2D eigenvalue weighted by atomic mass is 9.80. The molecule has 1 nitrogen and oxygen atoms in total. The summed E-state index contributed by atoms with van der Waals surface area (Å²) in [5, 5.41) is 5.35. The number of benzene rings is 8. The molecule has 0 spiro atoms. The summed E-state index contributed by atoms with van der Waals surface area (Å²) in [7, 11) is 0. The first kappa shape index (κ1) is 36.6. The second-order valence-electron chi connectivity index (χ2n) is 17.8. The van der Waals surface area contributed by atoms with Gasteiger partial charge in [0.1, 0.15) is 0 Å². The predicted molar refractivity (Wildman–Crippen MR) is 255 cm³/mol. The molecule has 0 aliphatic heterocycles. The van der Waals surface area contributed by atoms with Gasteiger partial charge in [0.05, 0.1) is 17.1 Å². The highest BCUT2D eigenvalue weighted by Crippen LogP contribution is 2.56. The van der Waals surface area contributed by atoms with Crippen LogP contribution in [0.4, 0.5) is 11.4 Å². The van der Waals surface area contributed by atoms with Crippen molar-refractivity contribution in [2.24, 2.45) is 0 Å². The van der Waals surface area contributed by atoms with Gasteiger partial charge >= 0.3 is 0 Å². The van der Waals surface area contributed by atoms with Gasteiger partial charge in [-0.25, -0.2) is 0 Å². The minimum Gasteiger partial charge on any atom is -0.309 e. The number of allylic oxidation sites excluding steroid dienone is 3. The average molecular weight is 774 g/mol. The van der Waals surface area contributed by atoms with E-state index in [2.05, 4.69) is 207 Å². The molecule has 0 aromatic heterocycles. The van der Waals surface area contributed by atoms with Crippen molar-refractivity contribution in [2.45, 2.75) is 69.6 Å². The lowest BCUT2D eigenvalue weighted by Crippen LogP contribution is -2.22. The molecule has 1 atom stereocenters. The van der Waals surface area contributed by atoms with Crippen LogP contribution in [0, 0.1) is 0 Å². The number of hydrogen-bond donors (Lipinski definition) is 0. The quantitative estimate of drug-likeness (QED) is 0.156. The number of rotatable bonds is 7. The van der Waals surface area contributed by atoms with Crippen LogP contribution in [0.3, 0.4) is 0 Å². The zero-order valence-corrected chi connectivity index (χ0v) is 34.7. The Bertz CT molecular complexity index is 2960. The third kappa shape index (κ3) is 6.05. The smallest absolute Gasteiger partial charge is 0.0543 e. The van der Waals surface area contributed by atoms with E-state index in [4.69, 9.17) is 0 Å². The highest BCUT2D eigenvalue weighted by atomic mass is 15.2. The fourth-order valence-electron chi connectivity index (χ4n) is 11.1. The summed E-state index contributed by atoms with van der Waals surface area (Å²) in [6.07, 6.45) is 12.5. The fourth-order valence-corrected chi connectivity index (χ4v) is 11.1. The van der Waals surface area contributed by atoms with E-state index in [-0.39, 0.29) is 11.3 Å². The molecule has 8 aromatic rings. The lowest BCUT2D eigenvalue weighted by Gasteiger charge is -2.36. The lowest BCUT2D eigenvalue weighted by molar-refractivity contribution is 0.445. The van der Waals surface area contributed by atoms with Gasteiger partial charge in [0.15, 0.2) is 0 Å². The van der Waals surface area contributed by atoms with Crippen LogP contribution in [0.25, 0.3) is 49.4 Å². The maximum absolute atomic E-state index is 2.66. The van der Waals surface area contributed by atoms with Crippen LogP contribution in [-0.4, -0.2) is 0 Å². The van der Waals surface area contributed by atoms with Crippen LogP contribution in [0.15, 0.2) is 194 Å². The molecule has 1 saturated carbocycles. The third-order valence-electron chi connectivity index (χ3n) is 14.0. The van der Waals surface area contributed by atoms with Crippen molar-refractivity contribution in [3.05, 3.63) is 222 Å². The molecule has 60 heavy (non-hydrogen) atoms. The first-order valence-electron chi connectivity index (χ1n) is 22.2. The molecule has 1 heteroatoms. The zero-order valence-electron chi connectivity index (χ0n) is 34.7. The minimum atomic E-state index is -0.137. The summed E-state index contributed by atoms with van der Waals surface area (Å²) in [5.74, 6) is 0.766. The Balaban J connectivity index is 1.22. The highest BCUT2D eigenvalue weighted by Gasteiger charge is 2.39. The van der Waals surface area contributed by atoms with E-state index < -0.39 is 0 Å². The van der Waals surface area contributed by atoms with Crippen molar-refractivity contribution in [1.82, 2.24) is 0 Å². The average Bonchev–Trinajstić information content (AvgIpc) is 3.55. The van der Waals surface area contributed by atoms with Crippen molar-refractivity contribution < 1.29 is 0 Å². The van der Waals surface area contributed by atoms with E-state index >= 15 is 0 Å². The molecule has 11 rings (SSSR count). The first-order valence-corrected chi connectivity index (χ1v) is 22.2. The zero-order chi connectivity index (χ0) is 40.2. The van der Waals surface area contributed by atoms with Gasteiger partial charge in [0.25, 0.3) is 0 Å². The van der Waals surface area contributed by atoms with Gasteiger partial charge < -0.3 is 4.90 Å². The standard InChI is InChI=1S/C59H51N/c1-59(2)52-33-13-11-29-51(52)58-53(59)34-18-36-55(58)60(54-35-14-12-28-49(54)50-32-17-26-43-25-16-31-48(57(43)50)42-21-7-4-8-22-42)56-39-44(37-38-47(56)41-19-5-3-6-20-41)46-30-15-24-40-23-9-10-27-45(40)46/h3,5-6,9-20,23-36,38-39,42,44H,4,7-8,21-22,37H2,1-2H3. The summed E-state index contributed by atoms with van der Waals surface area (Å²) in [6.45, 7) is 4.79. The van der Waals surface area contributed by atoms with Gasteiger partial charge in [-0.2, -0.15) is 0 Å². The Morgan fingerprint density at radius 1 is 0.500 bits per heavy atom. The molecule has 1 fully saturated rings. The molecule has 0 saturated heterocycles. The molecule has 3 aliphatic carbocycles. The SMILES string of the molecule is CC1(C)c2ccccc2-c2c(N(C3=CC(c4cccc5ccccc45)CC=C3c3ccccc3)c3ccccc3-c3cccc4cccc(C5CCCCC5)c34)cccc21. The van der Waals surface area contributed by atoms with Crippen molar-refractivity contribution in [2.75, 3.05) is 4.90 Å². The molecule has 0 heterocycles. The van der Waals surface area contributed by atoms with E-state index in [1.54, 1.807) is 0 Å². The van der Waals surface area contributed by atoms with E-state index in [1.807, 2.05) is 0 Å². The van der Waals surface area contributed by atoms with Crippen molar-refractivity contribution >= 4 is 38.5 Å². The van der Waals surface area contributed by atoms with Crippen molar-refractivity contribution in [3.8, 4) is 22.3 Å². The summed E-state index contributed by atoms with van der Waals surface area (Å²) < 4.78 is 0. The second-order valence-corrected chi connectivity index (χ2v) is 17.8. The van der Waals surface area contributed by atoms with Gasteiger partial charge in [-0.3, -0.25) is 0 Å². The van der Waals surface area contributed by atoms with E-state index in [0.717, 1.165) is 6.42 Å². The van der Waals surface area contributed by atoms with Gasteiger partial charge in [0, 0.05) is 28.0 Å². The molecular formula is C59H51N. The Kier molecular flexibility index (Phi) is 9.15. The van der Waals surface area contributed by atoms with Crippen LogP contribution in [0.1, 0.15) is 92.0 Å². The van der Waals surface area contributed by atoms with Crippen LogP contribution in [0.5, 0.6) is 0 Å². The monoisotopic (exact) mass is 773 g/mol. The topological polar surface area (TPSA) is 3.24 Å². The predicted octanol–water partition coefficient (Wildman–Crippen LogP) is 16.3. The molecule has 292 valence electrons. The van der Waals surface area contributed by atoms with Crippen LogP contribution >= 0.6 is 0 Å². The largest absolute Gasteiger partial charge is 0.309 e. The van der Waals surface area contributed by atoms with Gasteiger partial charge in [-0.1, -0.05) is 209 Å².